The number of fused-ring (bicyclic) bond motifs is 2. The summed E-state index contributed by atoms with van der Waals surface area (Å²) in [5.74, 6) is 2.52. The van der Waals surface area contributed by atoms with Crippen molar-refractivity contribution in [2.24, 2.45) is 17.6 Å². The van der Waals surface area contributed by atoms with Gasteiger partial charge in [0.2, 0.25) is 0 Å². The van der Waals surface area contributed by atoms with Gasteiger partial charge in [-0.05, 0) is 51.3 Å². The summed E-state index contributed by atoms with van der Waals surface area (Å²) in [6, 6.07) is 8.74. The quantitative estimate of drug-likeness (QED) is 0.902. The Kier molecular flexibility index (Phi) is 3.50. The standard InChI is InChI=1S/C16H24N2O/c1-18(2)15-11-7-8-12(9-11)16(15)19-14-6-4-3-5-13(14)10-17/h3-6,11-12,15-16H,7-10,17H2,1-2H3. The minimum Gasteiger partial charge on any atom is -0.488 e. The molecule has 2 fully saturated rings. The summed E-state index contributed by atoms with van der Waals surface area (Å²) in [7, 11) is 4.35. The van der Waals surface area contributed by atoms with Crippen LogP contribution in [0.25, 0.3) is 0 Å². The molecule has 19 heavy (non-hydrogen) atoms. The third-order valence-corrected chi connectivity index (χ3v) is 4.85. The fourth-order valence-electron chi connectivity index (χ4n) is 4.02. The summed E-state index contributed by atoms with van der Waals surface area (Å²) in [6.07, 6.45) is 4.36. The Balaban J connectivity index is 1.82. The molecule has 3 heteroatoms. The van der Waals surface area contributed by atoms with Crippen molar-refractivity contribution in [2.75, 3.05) is 14.1 Å². The molecule has 1 aromatic rings. The number of nitrogens with two attached hydrogens (primary N) is 1. The number of hydrogen-bond donors (Lipinski definition) is 1. The van der Waals surface area contributed by atoms with Crippen LogP contribution in [0.3, 0.4) is 0 Å². The van der Waals surface area contributed by atoms with Gasteiger partial charge in [-0.3, -0.25) is 0 Å². The van der Waals surface area contributed by atoms with Gasteiger partial charge in [0.25, 0.3) is 0 Å². The Labute approximate surface area is 115 Å². The van der Waals surface area contributed by atoms with Crippen molar-refractivity contribution in [2.45, 2.75) is 38.0 Å². The summed E-state index contributed by atoms with van der Waals surface area (Å²) in [5, 5.41) is 0. The highest BCUT2D eigenvalue weighted by molar-refractivity contribution is 5.33. The molecule has 3 nitrogen and oxygen atoms in total. The summed E-state index contributed by atoms with van der Waals surface area (Å²) in [5.41, 5.74) is 6.92. The van der Waals surface area contributed by atoms with E-state index in [0.717, 1.165) is 23.1 Å². The zero-order chi connectivity index (χ0) is 13.4. The first-order chi connectivity index (χ1) is 9.20. The van der Waals surface area contributed by atoms with Crippen molar-refractivity contribution in [1.82, 2.24) is 4.90 Å². The van der Waals surface area contributed by atoms with Gasteiger partial charge in [0.1, 0.15) is 11.9 Å². The third-order valence-electron chi connectivity index (χ3n) is 4.85. The van der Waals surface area contributed by atoms with Crippen LogP contribution in [0.4, 0.5) is 0 Å². The van der Waals surface area contributed by atoms with Crippen molar-refractivity contribution in [3.05, 3.63) is 29.8 Å². The van der Waals surface area contributed by atoms with Crippen LogP contribution in [0.2, 0.25) is 0 Å². The largest absolute Gasteiger partial charge is 0.488 e. The number of benzene rings is 1. The van der Waals surface area contributed by atoms with Crippen molar-refractivity contribution >= 4 is 0 Å². The number of ether oxygens (including phenoxy) is 1. The lowest BCUT2D eigenvalue weighted by Crippen LogP contribution is -2.46. The van der Waals surface area contributed by atoms with E-state index in [9.17, 15) is 0 Å². The zero-order valence-electron chi connectivity index (χ0n) is 11.9. The smallest absolute Gasteiger partial charge is 0.124 e. The zero-order valence-corrected chi connectivity index (χ0v) is 11.9. The summed E-state index contributed by atoms with van der Waals surface area (Å²) >= 11 is 0. The predicted octanol–water partition coefficient (Wildman–Crippen LogP) is 2.25. The van der Waals surface area contributed by atoms with Gasteiger partial charge in [0.05, 0.1) is 0 Å². The molecule has 2 aliphatic rings. The molecule has 4 atom stereocenters. The van der Waals surface area contributed by atoms with Gasteiger partial charge >= 0.3 is 0 Å². The first-order valence-electron chi connectivity index (χ1n) is 7.31. The molecule has 0 aromatic heterocycles. The fraction of sp³-hybridized carbons (Fsp3) is 0.625. The second kappa shape index (κ2) is 5.14. The summed E-state index contributed by atoms with van der Waals surface area (Å²) in [6.45, 7) is 0.545. The molecule has 0 heterocycles. The minimum absolute atomic E-state index is 0.335. The van der Waals surface area contributed by atoms with Gasteiger partial charge in [-0.1, -0.05) is 18.2 Å². The Morgan fingerprint density at radius 3 is 2.68 bits per heavy atom. The number of para-hydroxylation sites is 1. The van der Waals surface area contributed by atoms with Crippen molar-refractivity contribution in [1.29, 1.82) is 0 Å². The molecular weight excluding hydrogens is 236 g/mol. The van der Waals surface area contributed by atoms with E-state index in [1.807, 2.05) is 12.1 Å². The lowest BCUT2D eigenvalue weighted by Gasteiger charge is -2.36. The predicted molar refractivity (Wildman–Crippen MR) is 77.1 cm³/mol. The van der Waals surface area contributed by atoms with Crippen LogP contribution in [0.1, 0.15) is 24.8 Å². The van der Waals surface area contributed by atoms with E-state index in [0.29, 0.717) is 18.7 Å². The molecule has 3 rings (SSSR count). The molecule has 4 unspecified atom stereocenters. The molecule has 0 aliphatic heterocycles. The molecule has 0 amide bonds. The number of nitrogens with zero attached hydrogens (tertiary/aromatic N) is 1. The van der Waals surface area contributed by atoms with E-state index in [4.69, 9.17) is 10.5 Å². The second-order valence-electron chi connectivity index (χ2n) is 6.18. The lowest BCUT2D eigenvalue weighted by atomic mass is 9.91. The highest BCUT2D eigenvalue weighted by Gasteiger charge is 2.50. The van der Waals surface area contributed by atoms with Crippen molar-refractivity contribution < 1.29 is 4.74 Å². The van der Waals surface area contributed by atoms with Gasteiger partial charge in [-0.15, -0.1) is 0 Å². The van der Waals surface area contributed by atoms with E-state index in [1.54, 1.807) is 0 Å². The molecular formula is C16H24N2O. The maximum atomic E-state index is 6.38. The van der Waals surface area contributed by atoms with Gasteiger partial charge in [0, 0.05) is 18.2 Å². The molecule has 2 N–H and O–H groups in total. The van der Waals surface area contributed by atoms with Crippen LogP contribution in [0.5, 0.6) is 5.75 Å². The number of hydrogen-bond acceptors (Lipinski definition) is 3. The second-order valence-corrected chi connectivity index (χ2v) is 6.18. The van der Waals surface area contributed by atoms with Gasteiger partial charge in [-0.25, -0.2) is 0 Å². The lowest BCUT2D eigenvalue weighted by molar-refractivity contribution is 0.0531. The Morgan fingerprint density at radius 2 is 1.95 bits per heavy atom. The Morgan fingerprint density at radius 1 is 1.21 bits per heavy atom. The van der Waals surface area contributed by atoms with E-state index in [1.165, 1.54) is 19.3 Å². The topological polar surface area (TPSA) is 38.5 Å². The normalized spacial score (nSPS) is 33.1. The molecule has 0 radical (unpaired) electrons. The number of rotatable bonds is 4. The maximum Gasteiger partial charge on any atom is 0.124 e. The van der Waals surface area contributed by atoms with Crippen LogP contribution in [-0.4, -0.2) is 31.1 Å². The van der Waals surface area contributed by atoms with Gasteiger partial charge in [-0.2, -0.15) is 0 Å². The summed E-state index contributed by atoms with van der Waals surface area (Å²) < 4.78 is 6.38. The minimum atomic E-state index is 0.335. The van der Waals surface area contributed by atoms with E-state index < -0.39 is 0 Å². The van der Waals surface area contributed by atoms with Crippen LogP contribution in [-0.2, 0) is 6.54 Å². The van der Waals surface area contributed by atoms with Crippen molar-refractivity contribution in [3.8, 4) is 5.75 Å². The van der Waals surface area contributed by atoms with E-state index in [2.05, 4.69) is 31.1 Å². The van der Waals surface area contributed by atoms with Gasteiger partial charge < -0.3 is 15.4 Å². The SMILES string of the molecule is CN(C)C1C2CCC(C2)C1Oc1ccccc1CN. The van der Waals surface area contributed by atoms with E-state index in [-0.39, 0.29) is 0 Å². The monoisotopic (exact) mass is 260 g/mol. The molecule has 1 aromatic carbocycles. The van der Waals surface area contributed by atoms with Crippen LogP contribution in [0, 0.1) is 11.8 Å². The van der Waals surface area contributed by atoms with Crippen LogP contribution >= 0.6 is 0 Å². The molecule has 0 saturated heterocycles. The van der Waals surface area contributed by atoms with Gasteiger partial charge in [0.15, 0.2) is 0 Å². The first kappa shape index (κ1) is 12.9. The first-order valence-corrected chi connectivity index (χ1v) is 7.31. The maximum absolute atomic E-state index is 6.38. The molecule has 2 bridgehead atoms. The Bertz CT molecular complexity index is 446. The molecule has 2 aliphatic carbocycles. The third kappa shape index (κ3) is 2.26. The highest BCUT2D eigenvalue weighted by atomic mass is 16.5. The number of likely N-dealkylation sites (N-methyl/N-ethyl adjacent to an activating group) is 1. The van der Waals surface area contributed by atoms with Crippen molar-refractivity contribution in [3.63, 3.8) is 0 Å². The summed E-state index contributed by atoms with van der Waals surface area (Å²) in [4.78, 5) is 2.35. The van der Waals surface area contributed by atoms with Crippen LogP contribution in [0.15, 0.2) is 24.3 Å². The average molecular weight is 260 g/mol. The highest BCUT2D eigenvalue weighted by Crippen LogP contribution is 2.48. The van der Waals surface area contributed by atoms with Crippen LogP contribution < -0.4 is 10.5 Å². The fourth-order valence-corrected chi connectivity index (χ4v) is 4.02. The average Bonchev–Trinajstić information content (AvgIpc) is 3.00. The molecule has 104 valence electrons. The Hall–Kier alpha value is -1.06. The van der Waals surface area contributed by atoms with E-state index >= 15 is 0 Å². The molecule has 0 spiro atoms. The molecule has 2 saturated carbocycles.